The second-order valence-electron chi connectivity index (χ2n) is 31.9. The number of fused-ring (bicyclic) bond motifs is 26. The lowest BCUT2D eigenvalue weighted by Crippen LogP contribution is -2.03. The Morgan fingerprint density at radius 1 is 0.183 bits per heavy atom. The van der Waals surface area contributed by atoms with Crippen LogP contribution in [0.3, 0.4) is 0 Å². The monoisotopic (exact) mass is 1530 g/mol. The molecule has 120 heavy (non-hydrogen) atoms. The largest absolute Gasteiger partial charge is 0.452 e. The van der Waals surface area contributed by atoms with E-state index in [9.17, 15) is 0 Å². The molecule has 0 N–H and O–H groups in total. The topological polar surface area (TPSA) is 96.5 Å². The van der Waals surface area contributed by atoms with Crippen molar-refractivity contribution >= 4 is 164 Å². The van der Waals surface area contributed by atoms with E-state index in [0.717, 1.165) is 143 Å². The van der Waals surface area contributed by atoms with Crippen molar-refractivity contribution in [1.29, 1.82) is 0 Å². The minimum atomic E-state index is 0.565. The summed E-state index contributed by atoms with van der Waals surface area (Å²) in [4.78, 5) is 22.4. The molecule has 27 aromatic rings. The van der Waals surface area contributed by atoms with Gasteiger partial charge in [-0.15, -0.1) is 0 Å². The van der Waals surface area contributed by atoms with E-state index in [4.69, 9.17) is 28.8 Å². The van der Waals surface area contributed by atoms with Gasteiger partial charge in [0.05, 0.1) is 55.2 Å². The summed E-state index contributed by atoms with van der Waals surface area (Å²) in [6.45, 7) is 0. The first-order valence-electron chi connectivity index (χ1n) is 40.8. The predicted octanol–water partition coefficient (Wildman–Crippen LogP) is 28.9. The van der Waals surface area contributed by atoms with Crippen LogP contribution in [0.15, 0.2) is 385 Å². The van der Waals surface area contributed by atoms with Gasteiger partial charge < -0.3 is 17.6 Å². The van der Waals surface area contributed by atoms with Crippen LogP contribution in [-0.2, 0) is 0 Å². The summed E-state index contributed by atoms with van der Waals surface area (Å²) in [6, 6.07) is 136. The third-order valence-electron chi connectivity index (χ3n) is 25.5. The van der Waals surface area contributed by atoms with Gasteiger partial charge in [-0.1, -0.05) is 291 Å². The lowest BCUT2D eigenvalue weighted by molar-refractivity contribution is 0.666. The van der Waals surface area contributed by atoms with Gasteiger partial charge in [0.25, 0.3) is 0 Å². The fourth-order valence-corrected chi connectivity index (χ4v) is 20.0. The van der Waals surface area contributed by atoms with Crippen LogP contribution in [0.25, 0.3) is 265 Å². The average Bonchev–Trinajstić information content (AvgIpc) is 1.52. The van der Waals surface area contributed by atoms with E-state index in [0.29, 0.717) is 28.8 Å². The fraction of sp³-hybridized carbons (Fsp3) is 0. The Bertz CT molecular complexity index is 8990. The summed E-state index contributed by atoms with van der Waals surface area (Å²) in [7, 11) is 0. The Labute approximate surface area is 683 Å². The highest BCUT2D eigenvalue weighted by Gasteiger charge is 2.31. The Kier molecular flexibility index (Phi) is 13.3. The lowest BCUT2D eigenvalue weighted by Gasteiger charge is -2.11. The van der Waals surface area contributed by atoms with E-state index in [-0.39, 0.29) is 0 Å². The van der Waals surface area contributed by atoms with Crippen molar-refractivity contribution < 1.29 is 8.83 Å². The van der Waals surface area contributed by atoms with Crippen molar-refractivity contribution in [1.82, 2.24) is 37.9 Å². The van der Waals surface area contributed by atoms with Gasteiger partial charge in [0, 0.05) is 86.5 Å². The summed E-state index contributed by atoms with van der Waals surface area (Å²) < 4.78 is 23.2. The zero-order chi connectivity index (χ0) is 78.1. The zero-order valence-electron chi connectivity index (χ0n) is 64.2. The molecule has 0 amide bonds. The number of furan rings is 2. The molecule has 0 aliphatic heterocycles. The molecule has 0 unspecified atom stereocenters. The summed E-state index contributed by atoms with van der Waals surface area (Å²) >= 11 is 0. The van der Waals surface area contributed by atoms with Gasteiger partial charge in [-0.2, -0.15) is 0 Å². The number of hydrogen-bond acceptors (Lipinski definition) is 6. The van der Waals surface area contributed by atoms with Gasteiger partial charge in [-0.25, -0.2) is 19.9 Å². The third kappa shape index (κ3) is 9.26. The Morgan fingerprint density at radius 3 is 0.900 bits per heavy atom. The molecule has 0 saturated carbocycles. The Hall–Kier alpha value is -16.3. The highest BCUT2D eigenvalue weighted by molar-refractivity contribution is 6.38. The van der Waals surface area contributed by atoms with Gasteiger partial charge in [0.2, 0.25) is 11.9 Å². The van der Waals surface area contributed by atoms with Crippen LogP contribution >= 0.6 is 0 Å². The second-order valence-corrected chi connectivity index (χ2v) is 31.9. The summed E-state index contributed by atoms with van der Waals surface area (Å²) in [6.07, 6.45) is 0. The summed E-state index contributed by atoms with van der Waals surface area (Å²) in [5, 5.41) is 15.9. The van der Waals surface area contributed by atoms with Crippen molar-refractivity contribution in [2.24, 2.45) is 0 Å². The molecule has 0 aliphatic carbocycles. The van der Waals surface area contributed by atoms with E-state index in [1.807, 2.05) is 30.3 Å². The van der Waals surface area contributed by atoms with Crippen LogP contribution in [-0.4, -0.2) is 37.9 Å². The summed E-state index contributed by atoms with van der Waals surface area (Å²) in [5.74, 6) is 1.14. The Balaban J connectivity index is 0.570. The van der Waals surface area contributed by atoms with Crippen LogP contribution in [0.1, 0.15) is 0 Å². The van der Waals surface area contributed by atoms with Crippen molar-refractivity contribution in [3.63, 3.8) is 0 Å². The normalized spacial score (nSPS) is 12.3. The van der Waals surface area contributed by atoms with Gasteiger partial charge >= 0.3 is 0 Å². The lowest BCUT2D eigenvalue weighted by atomic mass is 9.96. The molecule has 0 spiro atoms. The second kappa shape index (κ2) is 24.6. The van der Waals surface area contributed by atoms with E-state index in [2.05, 4.69) is 364 Å². The quantitative estimate of drug-likeness (QED) is 0.135. The fourth-order valence-electron chi connectivity index (χ4n) is 20.0. The predicted molar refractivity (Wildman–Crippen MR) is 494 cm³/mol. The molecular formula is C110H62N8O2. The molecule has 0 saturated heterocycles. The first-order valence-corrected chi connectivity index (χ1v) is 40.8. The standard InChI is InChI=1S/C110H62N8O2/c1-5-21-63(22-6-1)73-51-55-89-85(57-73)97-93(61-83-77-53-49-75(64-23-7-2-8-24-64)59-91(77)115-87-33-17-13-29-79(87)99(97)105(83)115)118(89)110-112-102(108-104(114-110)82-32-16-20-36-96(82)120-108)72-47-45-69(46-48-72)67-39-37-66(38-40-67)68-41-43-70(44-42-68)74-52-56-90-86(58-74)98-94(117(90)109-111-101(71-27-11-4-12-28-71)107-103(113-109)81-31-15-19-35-95(81)119-107)62-84-78-54-50-76(65-25-9-3-10-26-65)60-92(78)116-88-34-18-14-30-80(88)100(98)106(84)116/h1-62H. The van der Waals surface area contributed by atoms with Crippen LogP contribution in [0.4, 0.5) is 0 Å². The number of aromatic nitrogens is 8. The smallest absolute Gasteiger partial charge is 0.236 e. The first kappa shape index (κ1) is 65.0. The molecule has 10 heteroatoms. The molecule has 0 aliphatic rings. The van der Waals surface area contributed by atoms with Gasteiger partial charge in [-0.05, 0) is 152 Å². The van der Waals surface area contributed by atoms with Crippen molar-refractivity contribution in [3.8, 4) is 101 Å². The first-order chi connectivity index (χ1) is 59.5. The Morgan fingerprint density at radius 2 is 0.492 bits per heavy atom. The van der Waals surface area contributed by atoms with Crippen molar-refractivity contribution in [2.45, 2.75) is 0 Å². The third-order valence-corrected chi connectivity index (χ3v) is 25.5. The summed E-state index contributed by atoms with van der Waals surface area (Å²) in [5.41, 5.74) is 32.5. The number of para-hydroxylation sites is 4. The molecule has 10 nitrogen and oxygen atoms in total. The molecular weight excluding hydrogens is 1470 g/mol. The van der Waals surface area contributed by atoms with Crippen molar-refractivity contribution in [3.05, 3.63) is 376 Å². The average molecular weight is 1530 g/mol. The van der Waals surface area contributed by atoms with Crippen LogP contribution in [0, 0.1) is 0 Å². The number of rotatable bonds is 10. The zero-order valence-corrected chi connectivity index (χ0v) is 64.2. The van der Waals surface area contributed by atoms with Crippen LogP contribution in [0.2, 0.25) is 0 Å². The molecule has 27 rings (SSSR count). The van der Waals surface area contributed by atoms with Crippen LogP contribution in [0.5, 0.6) is 0 Å². The molecule has 17 aromatic carbocycles. The molecule has 10 aromatic heterocycles. The molecule has 0 bridgehead atoms. The SMILES string of the molecule is c1ccc(-c2ccc3c(c2)c2c4c5ccccc5n5c6cc(-c7ccccc7)ccc6c(cc2n3-c2nc(-c3ccc(-c6ccc(-c7ccc(-c8ccc9c(c8)c8c%10c%11ccccc%11n%11c%12cc(-c%13ccccc%13)ccc%12c(cc8n9-c8nc(-c9ccccc9)c9oc%12ccccc%12c9n8)c%10%11)cc7)cc6)cc3)c3oc6ccccc6c3n2)c45)cc1. The molecule has 554 valence electrons. The van der Waals surface area contributed by atoms with E-state index < -0.39 is 0 Å². The minimum Gasteiger partial charge on any atom is -0.452 e. The van der Waals surface area contributed by atoms with Crippen LogP contribution < -0.4 is 0 Å². The van der Waals surface area contributed by atoms with Gasteiger partial charge in [-0.3, -0.25) is 9.13 Å². The molecule has 0 fully saturated rings. The highest BCUT2D eigenvalue weighted by atomic mass is 16.3. The highest BCUT2D eigenvalue weighted by Crippen LogP contribution is 2.52. The molecule has 0 radical (unpaired) electrons. The minimum absolute atomic E-state index is 0.565. The van der Waals surface area contributed by atoms with Crippen molar-refractivity contribution in [2.75, 3.05) is 0 Å². The van der Waals surface area contributed by atoms with Gasteiger partial charge in [0.1, 0.15) is 33.6 Å². The maximum atomic E-state index is 6.86. The van der Waals surface area contributed by atoms with E-state index in [1.54, 1.807) is 0 Å². The maximum Gasteiger partial charge on any atom is 0.236 e. The van der Waals surface area contributed by atoms with E-state index >= 15 is 0 Å². The van der Waals surface area contributed by atoms with Gasteiger partial charge in [0.15, 0.2) is 11.2 Å². The number of hydrogen-bond donors (Lipinski definition) is 0. The maximum absolute atomic E-state index is 6.86. The number of nitrogens with zero attached hydrogens (tertiary/aromatic N) is 8. The van der Waals surface area contributed by atoms with E-state index in [1.165, 1.54) is 92.9 Å². The number of benzene rings is 17. The molecule has 10 heterocycles. The molecule has 0 atom stereocenters.